The van der Waals surface area contributed by atoms with Crippen LogP contribution in [0, 0.1) is 6.92 Å². The Morgan fingerprint density at radius 2 is 1.74 bits per heavy atom. The van der Waals surface area contributed by atoms with Crippen LogP contribution in [-0.4, -0.2) is 26.8 Å². The molecule has 0 atom stereocenters. The largest absolute Gasteiger partial charge is 0.325 e. The first-order valence-electron chi connectivity index (χ1n) is 9.13. The van der Waals surface area contributed by atoms with Crippen LogP contribution < -0.4 is 5.32 Å². The van der Waals surface area contributed by atoms with Crippen LogP contribution in [0.25, 0.3) is 11.4 Å². The van der Waals surface area contributed by atoms with Crippen LogP contribution in [0.1, 0.15) is 30.5 Å². The van der Waals surface area contributed by atoms with Gasteiger partial charge in [0.15, 0.2) is 5.82 Å². The summed E-state index contributed by atoms with van der Waals surface area (Å²) in [5.41, 5.74) is 5.44. The summed E-state index contributed by atoms with van der Waals surface area (Å²) in [5, 5.41) is 10.8. The SMILES string of the molecule is CCc1cccc(CC)c1NC(=O)CSc1n[nH]c(-c2ccc(C)cc2)n1. The number of nitrogens with one attached hydrogen (secondary N) is 2. The van der Waals surface area contributed by atoms with Gasteiger partial charge in [-0.2, -0.15) is 0 Å². The lowest BCUT2D eigenvalue weighted by molar-refractivity contribution is -0.113. The molecule has 1 amide bonds. The molecule has 0 bridgehead atoms. The maximum Gasteiger partial charge on any atom is 0.234 e. The second-order valence-electron chi connectivity index (χ2n) is 6.33. The number of para-hydroxylation sites is 1. The molecule has 0 aliphatic rings. The molecular formula is C21H24N4OS. The van der Waals surface area contributed by atoms with Crippen molar-refractivity contribution in [1.82, 2.24) is 15.2 Å². The van der Waals surface area contributed by atoms with Crippen molar-refractivity contribution >= 4 is 23.4 Å². The molecule has 3 aromatic rings. The zero-order valence-electron chi connectivity index (χ0n) is 15.9. The Morgan fingerprint density at radius 1 is 1.07 bits per heavy atom. The zero-order chi connectivity index (χ0) is 19.2. The number of anilines is 1. The molecule has 0 aliphatic heterocycles. The number of thioether (sulfide) groups is 1. The molecular weight excluding hydrogens is 356 g/mol. The fourth-order valence-corrected chi connectivity index (χ4v) is 3.46. The third-order valence-corrected chi connectivity index (χ3v) is 5.23. The number of nitrogens with zero attached hydrogens (tertiary/aromatic N) is 2. The van der Waals surface area contributed by atoms with Crippen LogP contribution in [0.2, 0.25) is 0 Å². The highest BCUT2D eigenvalue weighted by molar-refractivity contribution is 7.99. The Balaban J connectivity index is 1.63. The number of aromatic amines is 1. The van der Waals surface area contributed by atoms with E-state index in [2.05, 4.69) is 46.5 Å². The first kappa shape index (κ1) is 19.2. The van der Waals surface area contributed by atoms with Crippen LogP contribution in [0.15, 0.2) is 47.6 Å². The minimum absolute atomic E-state index is 0.0442. The molecule has 0 saturated carbocycles. The number of aryl methyl sites for hydroxylation is 3. The van der Waals surface area contributed by atoms with E-state index in [1.807, 2.05) is 37.3 Å². The van der Waals surface area contributed by atoms with Crippen LogP contribution in [0.5, 0.6) is 0 Å². The molecule has 3 rings (SSSR count). The van der Waals surface area contributed by atoms with Gasteiger partial charge in [0.25, 0.3) is 0 Å². The number of rotatable bonds is 7. The number of carbonyl (C=O) groups excluding carboxylic acids is 1. The minimum Gasteiger partial charge on any atom is -0.325 e. The van der Waals surface area contributed by atoms with Crippen LogP contribution in [0.4, 0.5) is 5.69 Å². The molecule has 5 nitrogen and oxygen atoms in total. The second kappa shape index (κ2) is 8.86. The molecule has 0 aliphatic carbocycles. The van der Waals surface area contributed by atoms with Gasteiger partial charge in [-0.15, -0.1) is 5.10 Å². The predicted molar refractivity (Wildman–Crippen MR) is 111 cm³/mol. The van der Waals surface area contributed by atoms with Gasteiger partial charge in [0.1, 0.15) is 0 Å². The van der Waals surface area contributed by atoms with Gasteiger partial charge in [0.05, 0.1) is 5.75 Å². The highest BCUT2D eigenvalue weighted by Gasteiger charge is 2.12. The van der Waals surface area contributed by atoms with Crippen LogP contribution in [-0.2, 0) is 17.6 Å². The highest BCUT2D eigenvalue weighted by Crippen LogP contribution is 2.24. The van der Waals surface area contributed by atoms with Gasteiger partial charge < -0.3 is 5.32 Å². The number of carbonyl (C=O) groups is 1. The van der Waals surface area contributed by atoms with E-state index in [9.17, 15) is 4.79 Å². The average molecular weight is 381 g/mol. The lowest BCUT2D eigenvalue weighted by atomic mass is 10.0. The van der Waals surface area contributed by atoms with E-state index in [1.165, 1.54) is 17.3 Å². The number of amides is 1. The molecule has 6 heteroatoms. The molecule has 0 spiro atoms. The number of aromatic nitrogens is 3. The van der Waals surface area contributed by atoms with Crippen LogP contribution in [0.3, 0.4) is 0 Å². The minimum atomic E-state index is -0.0442. The molecule has 2 aromatic carbocycles. The lowest BCUT2D eigenvalue weighted by Crippen LogP contribution is -2.16. The molecule has 0 saturated heterocycles. The van der Waals surface area contributed by atoms with Gasteiger partial charge in [-0.3, -0.25) is 9.89 Å². The summed E-state index contributed by atoms with van der Waals surface area (Å²) in [6.45, 7) is 6.24. The van der Waals surface area contributed by atoms with Gasteiger partial charge in [-0.1, -0.05) is 73.6 Å². The van der Waals surface area contributed by atoms with Gasteiger partial charge >= 0.3 is 0 Å². The summed E-state index contributed by atoms with van der Waals surface area (Å²) in [6.07, 6.45) is 1.77. The summed E-state index contributed by atoms with van der Waals surface area (Å²) in [7, 11) is 0. The topological polar surface area (TPSA) is 70.7 Å². The van der Waals surface area contributed by atoms with Gasteiger partial charge in [0.2, 0.25) is 11.1 Å². The number of benzene rings is 2. The van der Waals surface area contributed by atoms with Crippen molar-refractivity contribution in [3.63, 3.8) is 0 Å². The third-order valence-electron chi connectivity index (χ3n) is 4.39. The Bertz CT molecular complexity index is 896. The molecule has 0 radical (unpaired) electrons. The molecule has 140 valence electrons. The van der Waals surface area contributed by atoms with E-state index in [0.29, 0.717) is 11.0 Å². The van der Waals surface area contributed by atoms with Gasteiger partial charge in [-0.25, -0.2) is 4.98 Å². The summed E-state index contributed by atoms with van der Waals surface area (Å²) < 4.78 is 0. The van der Waals surface area contributed by atoms with E-state index in [-0.39, 0.29) is 11.7 Å². The second-order valence-corrected chi connectivity index (χ2v) is 7.27. The van der Waals surface area contributed by atoms with Crippen molar-refractivity contribution in [2.45, 2.75) is 38.8 Å². The van der Waals surface area contributed by atoms with Crippen molar-refractivity contribution in [2.24, 2.45) is 0 Å². The molecule has 1 heterocycles. The molecule has 1 aromatic heterocycles. The Labute approximate surface area is 164 Å². The summed E-state index contributed by atoms with van der Waals surface area (Å²) in [5.74, 6) is 0.937. The quantitative estimate of drug-likeness (QED) is 0.586. The Morgan fingerprint density at radius 3 is 2.37 bits per heavy atom. The van der Waals surface area contributed by atoms with E-state index < -0.39 is 0 Å². The fraction of sp³-hybridized carbons (Fsp3) is 0.286. The normalized spacial score (nSPS) is 10.8. The fourth-order valence-electron chi connectivity index (χ4n) is 2.86. The predicted octanol–water partition coefficient (Wildman–Crippen LogP) is 4.64. The van der Waals surface area contributed by atoms with Gasteiger partial charge in [-0.05, 0) is 30.9 Å². The summed E-state index contributed by atoms with van der Waals surface area (Å²) in [6, 6.07) is 14.2. The van der Waals surface area contributed by atoms with E-state index >= 15 is 0 Å². The molecule has 0 fully saturated rings. The maximum atomic E-state index is 12.4. The summed E-state index contributed by atoms with van der Waals surface area (Å²) in [4.78, 5) is 16.9. The first-order chi connectivity index (χ1) is 13.1. The summed E-state index contributed by atoms with van der Waals surface area (Å²) >= 11 is 1.33. The lowest BCUT2D eigenvalue weighted by Gasteiger charge is -2.14. The highest BCUT2D eigenvalue weighted by atomic mass is 32.2. The molecule has 0 unspecified atom stereocenters. The zero-order valence-corrected chi connectivity index (χ0v) is 16.7. The Hall–Kier alpha value is -2.60. The van der Waals surface area contributed by atoms with Crippen molar-refractivity contribution in [1.29, 1.82) is 0 Å². The standard InChI is InChI=1S/C21H24N4OS/c1-4-15-7-6-8-16(5-2)19(15)22-18(26)13-27-21-23-20(24-25-21)17-11-9-14(3)10-12-17/h6-12H,4-5,13H2,1-3H3,(H,22,26)(H,23,24,25). The van der Waals surface area contributed by atoms with Gasteiger partial charge in [0, 0.05) is 11.3 Å². The first-order valence-corrected chi connectivity index (χ1v) is 10.1. The average Bonchev–Trinajstić information content (AvgIpc) is 3.16. The third kappa shape index (κ3) is 4.77. The number of hydrogen-bond donors (Lipinski definition) is 2. The number of H-pyrrole nitrogens is 1. The molecule has 27 heavy (non-hydrogen) atoms. The van der Waals surface area contributed by atoms with E-state index in [1.54, 1.807) is 0 Å². The van der Waals surface area contributed by atoms with E-state index in [4.69, 9.17) is 0 Å². The monoisotopic (exact) mass is 380 g/mol. The van der Waals surface area contributed by atoms with E-state index in [0.717, 1.165) is 35.2 Å². The van der Waals surface area contributed by atoms with Crippen LogP contribution >= 0.6 is 11.8 Å². The van der Waals surface area contributed by atoms with Crippen molar-refractivity contribution in [3.8, 4) is 11.4 Å². The Kier molecular flexibility index (Phi) is 6.29. The number of hydrogen-bond acceptors (Lipinski definition) is 4. The smallest absolute Gasteiger partial charge is 0.234 e. The maximum absolute atomic E-state index is 12.4. The van der Waals surface area contributed by atoms with Crippen molar-refractivity contribution < 1.29 is 4.79 Å². The molecule has 2 N–H and O–H groups in total. The van der Waals surface area contributed by atoms with Crippen molar-refractivity contribution in [3.05, 3.63) is 59.2 Å². The van der Waals surface area contributed by atoms with Crippen molar-refractivity contribution in [2.75, 3.05) is 11.1 Å².